The molecule has 0 radical (unpaired) electrons. The van der Waals surface area contributed by atoms with Crippen molar-refractivity contribution in [3.63, 3.8) is 0 Å². The lowest BCUT2D eigenvalue weighted by atomic mass is 10.4. The lowest BCUT2D eigenvalue weighted by Gasteiger charge is -2.02. The second-order valence-corrected chi connectivity index (χ2v) is 6.03. The van der Waals surface area contributed by atoms with E-state index in [1.807, 2.05) is 13.3 Å². The minimum Gasteiger partial charge on any atom is -0.363 e. The van der Waals surface area contributed by atoms with Gasteiger partial charge in [0.2, 0.25) is 10.0 Å². The Kier molecular flexibility index (Phi) is 5.33. The van der Waals surface area contributed by atoms with Crippen LogP contribution in [-0.2, 0) is 16.6 Å². The normalized spacial score (nSPS) is 11.9. The van der Waals surface area contributed by atoms with Crippen molar-refractivity contribution in [2.24, 2.45) is 0 Å². The van der Waals surface area contributed by atoms with Crippen LogP contribution in [0.4, 0.5) is 0 Å². The third-order valence-electron chi connectivity index (χ3n) is 1.99. The molecule has 1 aromatic rings. The molecule has 7 heteroatoms. The predicted octanol–water partition coefficient (Wildman–Crippen LogP) is 0.375. The maximum absolute atomic E-state index is 11.8. The van der Waals surface area contributed by atoms with Gasteiger partial charge in [-0.2, -0.15) is 11.8 Å². The van der Waals surface area contributed by atoms with Gasteiger partial charge in [-0.15, -0.1) is 0 Å². The van der Waals surface area contributed by atoms with Crippen molar-refractivity contribution in [1.82, 2.24) is 15.0 Å². The minimum atomic E-state index is -3.35. The van der Waals surface area contributed by atoms with Crippen LogP contribution in [0.1, 0.15) is 5.69 Å². The van der Waals surface area contributed by atoms with Gasteiger partial charge in [0.1, 0.15) is 0 Å². The van der Waals surface area contributed by atoms with Crippen molar-refractivity contribution < 1.29 is 8.42 Å². The fourth-order valence-corrected chi connectivity index (χ4v) is 2.71. The van der Waals surface area contributed by atoms with Crippen molar-refractivity contribution in [1.29, 1.82) is 0 Å². The van der Waals surface area contributed by atoms with Gasteiger partial charge < -0.3 is 10.3 Å². The Morgan fingerprint density at radius 1 is 1.50 bits per heavy atom. The fraction of sp³-hybridized carbons (Fsp3) is 0.556. The quantitative estimate of drug-likeness (QED) is 0.622. The summed E-state index contributed by atoms with van der Waals surface area (Å²) in [6.45, 7) is 1.08. The van der Waals surface area contributed by atoms with Gasteiger partial charge in [0, 0.05) is 30.7 Å². The van der Waals surface area contributed by atoms with Crippen molar-refractivity contribution in [3.05, 3.63) is 18.0 Å². The van der Waals surface area contributed by atoms with E-state index in [4.69, 9.17) is 0 Å². The first kappa shape index (κ1) is 13.6. The summed E-state index contributed by atoms with van der Waals surface area (Å²) >= 11 is 1.61. The zero-order chi connectivity index (χ0) is 12.0. The monoisotopic (exact) mass is 263 g/mol. The molecule has 0 fully saturated rings. The number of hydrogen-bond donors (Lipinski definition) is 3. The number of aromatic amines is 1. The van der Waals surface area contributed by atoms with Gasteiger partial charge in [-0.05, 0) is 19.4 Å². The van der Waals surface area contributed by atoms with Gasteiger partial charge in [0.25, 0.3) is 0 Å². The maximum atomic E-state index is 11.8. The molecule has 1 aromatic heterocycles. The molecule has 0 spiro atoms. The lowest BCUT2D eigenvalue weighted by Crippen LogP contribution is -2.25. The minimum absolute atomic E-state index is 0.291. The Hall–Kier alpha value is -0.500. The summed E-state index contributed by atoms with van der Waals surface area (Å²) in [4.78, 5) is 3.21. The van der Waals surface area contributed by atoms with E-state index in [1.165, 1.54) is 6.20 Å². The zero-order valence-electron chi connectivity index (χ0n) is 9.41. The molecule has 5 nitrogen and oxygen atoms in total. The molecule has 0 aromatic carbocycles. The summed E-state index contributed by atoms with van der Waals surface area (Å²) in [7, 11) is -1.54. The highest BCUT2D eigenvalue weighted by atomic mass is 32.2. The number of sulfonamides is 1. The third-order valence-corrected chi connectivity index (χ3v) is 4.04. The van der Waals surface area contributed by atoms with E-state index >= 15 is 0 Å². The van der Waals surface area contributed by atoms with Crippen LogP contribution >= 0.6 is 11.8 Å². The summed E-state index contributed by atoms with van der Waals surface area (Å²) in [6, 6.07) is 1.64. The number of H-pyrrole nitrogens is 1. The van der Waals surface area contributed by atoms with Gasteiger partial charge in [-0.25, -0.2) is 13.1 Å². The molecule has 0 aliphatic rings. The second kappa shape index (κ2) is 6.29. The Bertz CT molecular complexity index is 414. The average molecular weight is 263 g/mol. The standard InChI is InChI=1S/C9H17N3O2S2/c1-10-6-8-5-9(7-11-8)16(13,14)12-3-4-15-2/h5,7,10-12H,3-4,6H2,1-2H3. The SMILES string of the molecule is CNCc1cc(S(=O)(=O)NCCSC)c[nH]1. The molecule has 0 unspecified atom stereocenters. The molecule has 1 heterocycles. The Labute approximate surface area is 100 Å². The summed E-state index contributed by atoms with van der Waals surface area (Å²) in [5.41, 5.74) is 0.854. The zero-order valence-corrected chi connectivity index (χ0v) is 11.0. The molecule has 92 valence electrons. The van der Waals surface area contributed by atoms with E-state index < -0.39 is 10.0 Å². The Balaban J connectivity index is 2.66. The molecule has 3 N–H and O–H groups in total. The average Bonchev–Trinajstić information content (AvgIpc) is 2.68. The van der Waals surface area contributed by atoms with E-state index in [2.05, 4.69) is 15.0 Å². The van der Waals surface area contributed by atoms with E-state index in [0.29, 0.717) is 18.0 Å². The van der Waals surface area contributed by atoms with Crippen LogP contribution in [0.2, 0.25) is 0 Å². The number of hydrogen-bond acceptors (Lipinski definition) is 4. The molecule has 16 heavy (non-hydrogen) atoms. The first-order chi connectivity index (χ1) is 7.60. The topological polar surface area (TPSA) is 74.0 Å². The Morgan fingerprint density at radius 2 is 2.25 bits per heavy atom. The molecular weight excluding hydrogens is 246 g/mol. The first-order valence-corrected chi connectivity index (χ1v) is 7.78. The molecule has 0 saturated heterocycles. The predicted molar refractivity (Wildman–Crippen MR) is 67.1 cm³/mol. The summed E-state index contributed by atoms with van der Waals surface area (Å²) in [5, 5.41) is 2.95. The van der Waals surface area contributed by atoms with E-state index in [0.717, 1.165) is 11.4 Å². The van der Waals surface area contributed by atoms with E-state index in [-0.39, 0.29) is 0 Å². The molecule has 0 aliphatic carbocycles. The van der Waals surface area contributed by atoms with Crippen LogP contribution in [-0.4, -0.2) is 39.0 Å². The van der Waals surface area contributed by atoms with Crippen LogP contribution in [0.3, 0.4) is 0 Å². The fourth-order valence-electron chi connectivity index (χ4n) is 1.23. The van der Waals surface area contributed by atoms with Crippen LogP contribution < -0.4 is 10.0 Å². The van der Waals surface area contributed by atoms with Gasteiger partial charge in [-0.3, -0.25) is 0 Å². The van der Waals surface area contributed by atoms with Crippen molar-refractivity contribution in [3.8, 4) is 0 Å². The van der Waals surface area contributed by atoms with E-state index in [9.17, 15) is 8.42 Å². The van der Waals surface area contributed by atoms with Gasteiger partial charge >= 0.3 is 0 Å². The summed E-state index contributed by atoms with van der Waals surface area (Å²) < 4.78 is 26.1. The van der Waals surface area contributed by atoms with Crippen LogP contribution in [0.5, 0.6) is 0 Å². The van der Waals surface area contributed by atoms with Crippen molar-refractivity contribution >= 4 is 21.8 Å². The summed E-state index contributed by atoms with van der Waals surface area (Å²) in [6.07, 6.45) is 3.45. The molecule has 0 amide bonds. The lowest BCUT2D eigenvalue weighted by molar-refractivity contribution is 0.584. The van der Waals surface area contributed by atoms with Gasteiger partial charge in [0.15, 0.2) is 0 Å². The van der Waals surface area contributed by atoms with Gasteiger partial charge in [-0.1, -0.05) is 0 Å². The highest BCUT2D eigenvalue weighted by Gasteiger charge is 2.14. The Morgan fingerprint density at radius 3 is 2.88 bits per heavy atom. The molecule has 0 aliphatic heterocycles. The highest BCUT2D eigenvalue weighted by Crippen LogP contribution is 2.10. The number of thioether (sulfide) groups is 1. The molecular formula is C9H17N3O2S2. The molecule has 0 saturated carbocycles. The van der Waals surface area contributed by atoms with Crippen molar-refractivity contribution in [2.75, 3.05) is 25.6 Å². The smallest absolute Gasteiger partial charge is 0.242 e. The molecule has 0 atom stereocenters. The second-order valence-electron chi connectivity index (χ2n) is 3.28. The van der Waals surface area contributed by atoms with Crippen LogP contribution in [0.25, 0.3) is 0 Å². The molecule has 1 rings (SSSR count). The highest BCUT2D eigenvalue weighted by molar-refractivity contribution is 7.98. The van der Waals surface area contributed by atoms with Crippen molar-refractivity contribution in [2.45, 2.75) is 11.4 Å². The molecule has 0 bridgehead atoms. The van der Waals surface area contributed by atoms with E-state index in [1.54, 1.807) is 17.8 Å². The largest absolute Gasteiger partial charge is 0.363 e. The van der Waals surface area contributed by atoms with Crippen LogP contribution in [0.15, 0.2) is 17.2 Å². The third kappa shape index (κ3) is 3.82. The number of nitrogens with one attached hydrogen (secondary N) is 3. The van der Waals surface area contributed by atoms with Crippen LogP contribution in [0, 0.1) is 0 Å². The summed E-state index contributed by atoms with van der Waals surface area (Å²) in [5.74, 6) is 0.771. The first-order valence-electron chi connectivity index (χ1n) is 4.90. The number of aromatic nitrogens is 1. The van der Waals surface area contributed by atoms with Gasteiger partial charge in [0.05, 0.1) is 4.90 Å². The number of rotatable bonds is 7. The maximum Gasteiger partial charge on any atom is 0.242 e.